The van der Waals surface area contributed by atoms with E-state index < -0.39 is 0 Å². The Balaban J connectivity index is 1.88. The topological polar surface area (TPSA) is 12.5 Å². The third-order valence-corrected chi connectivity index (χ3v) is 3.85. The fourth-order valence-corrected chi connectivity index (χ4v) is 2.64. The SMILES string of the molecule is CC(c1ccc2ccccc2c1)N1CCOCC1. The van der Waals surface area contributed by atoms with Crippen molar-refractivity contribution in [2.75, 3.05) is 26.3 Å². The van der Waals surface area contributed by atoms with Crippen LogP contribution in [0.2, 0.25) is 0 Å². The first kappa shape index (κ1) is 11.7. The highest BCUT2D eigenvalue weighted by Gasteiger charge is 2.18. The molecule has 0 radical (unpaired) electrons. The first-order chi connectivity index (χ1) is 8.84. The van der Waals surface area contributed by atoms with Crippen molar-refractivity contribution in [2.45, 2.75) is 13.0 Å². The van der Waals surface area contributed by atoms with E-state index in [4.69, 9.17) is 4.74 Å². The summed E-state index contributed by atoms with van der Waals surface area (Å²) in [6.07, 6.45) is 0. The molecule has 1 aliphatic heterocycles. The molecule has 2 aromatic rings. The fraction of sp³-hybridized carbons (Fsp3) is 0.375. The van der Waals surface area contributed by atoms with Gasteiger partial charge in [-0.2, -0.15) is 0 Å². The summed E-state index contributed by atoms with van der Waals surface area (Å²) in [5, 5.41) is 2.64. The molecule has 2 heteroatoms. The number of rotatable bonds is 2. The van der Waals surface area contributed by atoms with Crippen LogP contribution in [0.3, 0.4) is 0 Å². The van der Waals surface area contributed by atoms with Gasteiger partial charge in [-0.05, 0) is 29.3 Å². The van der Waals surface area contributed by atoms with Crippen LogP contribution in [0.15, 0.2) is 42.5 Å². The van der Waals surface area contributed by atoms with E-state index in [0.717, 1.165) is 26.3 Å². The van der Waals surface area contributed by atoms with E-state index in [9.17, 15) is 0 Å². The molecule has 1 aliphatic rings. The number of hydrogen-bond donors (Lipinski definition) is 0. The molecule has 18 heavy (non-hydrogen) atoms. The van der Waals surface area contributed by atoms with E-state index in [-0.39, 0.29) is 0 Å². The second-order valence-corrected chi connectivity index (χ2v) is 4.93. The molecule has 1 saturated heterocycles. The van der Waals surface area contributed by atoms with E-state index in [0.29, 0.717) is 6.04 Å². The molecule has 0 saturated carbocycles. The van der Waals surface area contributed by atoms with Crippen molar-refractivity contribution in [3.05, 3.63) is 48.0 Å². The third kappa shape index (κ3) is 2.26. The van der Waals surface area contributed by atoms with E-state index in [1.807, 2.05) is 0 Å². The zero-order chi connectivity index (χ0) is 12.4. The van der Waals surface area contributed by atoms with Gasteiger partial charge in [-0.1, -0.05) is 36.4 Å². The number of fused-ring (bicyclic) bond motifs is 1. The minimum Gasteiger partial charge on any atom is -0.379 e. The molecule has 1 fully saturated rings. The zero-order valence-corrected chi connectivity index (χ0v) is 10.8. The number of nitrogens with zero attached hydrogens (tertiary/aromatic N) is 1. The Morgan fingerprint density at radius 1 is 1.00 bits per heavy atom. The van der Waals surface area contributed by atoms with Gasteiger partial charge in [0.2, 0.25) is 0 Å². The molecule has 0 spiro atoms. The number of morpholine rings is 1. The summed E-state index contributed by atoms with van der Waals surface area (Å²) in [5.74, 6) is 0. The summed E-state index contributed by atoms with van der Waals surface area (Å²) in [6, 6.07) is 15.8. The van der Waals surface area contributed by atoms with Gasteiger partial charge in [-0.3, -0.25) is 4.90 Å². The standard InChI is InChI=1S/C16H19NO/c1-13(17-8-10-18-11-9-17)15-7-6-14-4-2-3-5-16(14)12-15/h2-7,12-13H,8-11H2,1H3. The monoisotopic (exact) mass is 241 g/mol. The summed E-state index contributed by atoms with van der Waals surface area (Å²) in [7, 11) is 0. The molecular weight excluding hydrogens is 222 g/mol. The quantitative estimate of drug-likeness (QED) is 0.800. The normalized spacial score (nSPS) is 18.9. The molecule has 0 amide bonds. The van der Waals surface area contributed by atoms with E-state index in [1.54, 1.807) is 0 Å². The molecule has 0 bridgehead atoms. The minimum absolute atomic E-state index is 0.471. The van der Waals surface area contributed by atoms with Crippen LogP contribution in [0, 0.1) is 0 Å². The Labute approximate surface area is 108 Å². The summed E-state index contributed by atoms with van der Waals surface area (Å²) < 4.78 is 5.41. The third-order valence-electron chi connectivity index (χ3n) is 3.85. The molecule has 0 N–H and O–H groups in total. The van der Waals surface area contributed by atoms with Crippen LogP contribution in [-0.2, 0) is 4.74 Å². The summed E-state index contributed by atoms with van der Waals surface area (Å²) in [6.45, 7) is 6.08. The number of hydrogen-bond acceptors (Lipinski definition) is 2. The highest BCUT2D eigenvalue weighted by molar-refractivity contribution is 5.83. The Bertz CT molecular complexity index is 531. The molecule has 1 atom stereocenters. The van der Waals surface area contributed by atoms with Gasteiger partial charge in [0.1, 0.15) is 0 Å². The smallest absolute Gasteiger partial charge is 0.0594 e. The lowest BCUT2D eigenvalue weighted by molar-refractivity contribution is 0.0199. The van der Waals surface area contributed by atoms with Crippen molar-refractivity contribution >= 4 is 10.8 Å². The van der Waals surface area contributed by atoms with E-state index in [2.05, 4.69) is 54.3 Å². The van der Waals surface area contributed by atoms with Crippen LogP contribution < -0.4 is 0 Å². The molecule has 94 valence electrons. The Hall–Kier alpha value is -1.38. The molecule has 0 aliphatic carbocycles. The lowest BCUT2D eigenvalue weighted by Gasteiger charge is -2.32. The maximum absolute atomic E-state index is 5.41. The lowest BCUT2D eigenvalue weighted by Crippen LogP contribution is -2.37. The average molecular weight is 241 g/mol. The first-order valence-corrected chi connectivity index (χ1v) is 6.65. The van der Waals surface area contributed by atoms with Crippen molar-refractivity contribution in [1.82, 2.24) is 4.90 Å². The van der Waals surface area contributed by atoms with Crippen molar-refractivity contribution in [2.24, 2.45) is 0 Å². The van der Waals surface area contributed by atoms with Gasteiger partial charge in [0.25, 0.3) is 0 Å². The fourth-order valence-electron chi connectivity index (χ4n) is 2.64. The molecule has 2 aromatic carbocycles. The van der Waals surface area contributed by atoms with Crippen molar-refractivity contribution < 1.29 is 4.74 Å². The van der Waals surface area contributed by atoms with Gasteiger partial charge < -0.3 is 4.74 Å². The maximum Gasteiger partial charge on any atom is 0.0594 e. The Kier molecular flexibility index (Phi) is 3.31. The molecule has 1 heterocycles. The van der Waals surface area contributed by atoms with Gasteiger partial charge in [-0.25, -0.2) is 0 Å². The van der Waals surface area contributed by atoms with Crippen LogP contribution >= 0.6 is 0 Å². The van der Waals surface area contributed by atoms with Gasteiger partial charge in [0, 0.05) is 19.1 Å². The Morgan fingerprint density at radius 2 is 1.72 bits per heavy atom. The average Bonchev–Trinajstić information content (AvgIpc) is 2.47. The maximum atomic E-state index is 5.41. The summed E-state index contributed by atoms with van der Waals surface area (Å²) >= 11 is 0. The van der Waals surface area contributed by atoms with Crippen molar-refractivity contribution in [3.63, 3.8) is 0 Å². The van der Waals surface area contributed by atoms with Crippen LogP contribution in [0.4, 0.5) is 0 Å². The number of benzene rings is 2. The molecule has 0 aromatic heterocycles. The van der Waals surface area contributed by atoms with Gasteiger partial charge in [0.05, 0.1) is 13.2 Å². The van der Waals surface area contributed by atoms with E-state index >= 15 is 0 Å². The predicted octanol–water partition coefficient (Wildman–Crippen LogP) is 3.23. The lowest BCUT2D eigenvalue weighted by atomic mass is 10.0. The van der Waals surface area contributed by atoms with Gasteiger partial charge >= 0.3 is 0 Å². The number of ether oxygens (including phenoxy) is 1. The predicted molar refractivity (Wildman–Crippen MR) is 74.8 cm³/mol. The molecule has 2 nitrogen and oxygen atoms in total. The van der Waals surface area contributed by atoms with Crippen LogP contribution in [0.25, 0.3) is 10.8 Å². The highest BCUT2D eigenvalue weighted by atomic mass is 16.5. The van der Waals surface area contributed by atoms with Crippen LogP contribution in [0.1, 0.15) is 18.5 Å². The summed E-state index contributed by atoms with van der Waals surface area (Å²) in [5.41, 5.74) is 1.40. The minimum atomic E-state index is 0.471. The van der Waals surface area contributed by atoms with Crippen molar-refractivity contribution in [3.8, 4) is 0 Å². The van der Waals surface area contributed by atoms with Crippen LogP contribution in [0.5, 0.6) is 0 Å². The molecule has 1 unspecified atom stereocenters. The first-order valence-electron chi connectivity index (χ1n) is 6.65. The second kappa shape index (κ2) is 5.09. The van der Waals surface area contributed by atoms with E-state index in [1.165, 1.54) is 16.3 Å². The Morgan fingerprint density at radius 3 is 2.50 bits per heavy atom. The van der Waals surface area contributed by atoms with Crippen molar-refractivity contribution in [1.29, 1.82) is 0 Å². The molecular formula is C16H19NO. The highest BCUT2D eigenvalue weighted by Crippen LogP contribution is 2.24. The zero-order valence-electron chi connectivity index (χ0n) is 10.8. The van der Waals surface area contributed by atoms with Gasteiger partial charge in [-0.15, -0.1) is 0 Å². The van der Waals surface area contributed by atoms with Gasteiger partial charge in [0.15, 0.2) is 0 Å². The van der Waals surface area contributed by atoms with Crippen LogP contribution in [-0.4, -0.2) is 31.2 Å². The molecule has 3 rings (SSSR count). The summed E-state index contributed by atoms with van der Waals surface area (Å²) in [4.78, 5) is 2.49. The second-order valence-electron chi connectivity index (χ2n) is 4.93. The largest absolute Gasteiger partial charge is 0.379 e.